The first-order valence-corrected chi connectivity index (χ1v) is 5.68. The van der Waals surface area contributed by atoms with Gasteiger partial charge in [-0.05, 0) is 23.1 Å². The van der Waals surface area contributed by atoms with Crippen molar-refractivity contribution >= 4 is 17.8 Å². The summed E-state index contributed by atoms with van der Waals surface area (Å²) in [7, 11) is 1.03. The van der Waals surface area contributed by atoms with Crippen molar-refractivity contribution in [1.82, 2.24) is 0 Å². The second-order valence-electron chi connectivity index (χ2n) is 4.14. The summed E-state index contributed by atoms with van der Waals surface area (Å²) in [6.07, 6.45) is 0. The number of benzene rings is 2. The molecule has 0 fully saturated rings. The van der Waals surface area contributed by atoms with E-state index in [1.165, 1.54) is 0 Å². The Labute approximate surface area is 116 Å². The fraction of sp³-hybridized carbons (Fsp3) is 0.0769. The first-order chi connectivity index (χ1) is 9.88. The molecule has 2 rings (SSSR count). The highest BCUT2D eigenvalue weighted by Crippen LogP contribution is 2.12. The van der Waals surface area contributed by atoms with E-state index in [1.807, 2.05) is 0 Å². The molecule has 110 valence electrons. The average Bonchev–Trinajstić information content (AvgIpc) is 2.47. The number of hydrogen-bond acceptors (Lipinski definition) is 1. The molecule has 0 amide bonds. The smallest absolute Gasteiger partial charge is 0.367 e. The van der Waals surface area contributed by atoms with Gasteiger partial charge in [0.25, 0.3) is 0 Å². The van der Waals surface area contributed by atoms with Crippen molar-refractivity contribution in [2.24, 2.45) is 0 Å². The molecule has 8 heteroatoms. The van der Waals surface area contributed by atoms with Gasteiger partial charge in [-0.2, -0.15) is 0 Å². The molecule has 1 nitrogen and oxygen atoms in total. The summed E-state index contributed by atoms with van der Waals surface area (Å²) in [6.45, 7) is -1.56. The minimum Gasteiger partial charge on any atom is -0.430 e. The zero-order valence-corrected chi connectivity index (χ0v) is 10.6. The third-order valence-electron chi connectivity index (χ3n) is 2.93. The van der Waals surface area contributed by atoms with Gasteiger partial charge >= 0.3 is 6.92 Å². The summed E-state index contributed by atoms with van der Waals surface area (Å²) in [5, 5.41) is 0. The second kappa shape index (κ2) is 5.81. The van der Waals surface area contributed by atoms with Crippen molar-refractivity contribution in [3.05, 3.63) is 59.2 Å². The average molecular weight is 304 g/mol. The van der Waals surface area contributed by atoms with Crippen LogP contribution in [0.2, 0.25) is 0 Å². The monoisotopic (exact) mass is 304 g/mol. The SMILES string of the molecule is COB(c1ccc(F)c(F)c1F)c1ccc(F)c(F)c1F. The lowest BCUT2D eigenvalue weighted by Crippen LogP contribution is -2.48. The summed E-state index contributed by atoms with van der Waals surface area (Å²) in [6, 6.07) is 2.92. The Hall–Kier alpha value is -1.96. The van der Waals surface area contributed by atoms with Gasteiger partial charge in [-0.15, -0.1) is 0 Å². The molecular formula is C13H7BF6O. The Kier molecular flexibility index (Phi) is 4.27. The van der Waals surface area contributed by atoms with Crippen LogP contribution in [0.15, 0.2) is 24.3 Å². The summed E-state index contributed by atoms with van der Waals surface area (Å²) in [5.74, 6) is -9.58. The minimum atomic E-state index is -1.77. The zero-order chi connectivity index (χ0) is 15.7. The molecule has 0 atom stereocenters. The van der Waals surface area contributed by atoms with Crippen molar-refractivity contribution in [3.63, 3.8) is 0 Å². The maximum absolute atomic E-state index is 13.7. The van der Waals surface area contributed by atoms with Crippen LogP contribution in [0.5, 0.6) is 0 Å². The molecule has 0 heterocycles. The maximum Gasteiger partial charge on any atom is 0.367 e. The molecular weight excluding hydrogens is 297 g/mol. The van der Waals surface area contributed by atoms with Gasteiger partial charge < -0.3 is 4.65 Å². The fourth-order valence-corrected chi connectivity index (χ4v) is 1.91. The van der Waals surface area contributed by atoms with Crippen LogP contribution in [0.25, 0.3) is 0 Å². The minimum absolute atomic E-state index is 0.540. The van der Waals surface area contributed by atoms with Crippen molar-refractivity contribution in [3.8, 4) is 0 Å². The molecule has 0 saturated heterocycles. The van der Waals surface area contributed by atoms with Crippen LogP contribution in [-0.4, -0.2) is 14.0 Å². The maximum atomic E-state index is 13.7. The molecule has 2 aromatic rings. The largest absolute Gasteiger partial charge is 0.430 e. The molecule has 0 radical (unpaired) electrons. The normalized spacial score (nSPS) is 10.8. The Morgan fingerprint density at radius 1 is 0.667 bits per heavy atom. The van der Waals surface area contributed by atoms with Gasteiger partial charge in [-0.1, -0.05) is 12.1 Å². The van der Waals surface area contributed by atoms with Crippen molar-refractivity contribution < 1.29 is 31.0 Å². The molecule has 0 aliphatic heterocycles. The molecule has 0 saturated carbocycles. The van der Waals surface area contributed by atoms with Crippen LogP contribution >= 0.6 is 0 Å². The van der Waals surface area contributed by atoms with E-state index in [4.69, 9.17) is 4.65 Å². The summed E-state index contributed by atoms with van der Waals surface area (Å²) < 4.78 is 84.4. The quantitative estimate of drug-likeness (QED) is 0.480. The molecule has 0 unspecified atom stereocenters. The molecule has 0 aliphatic rings. The molecule has 0 spiro atoms. The lowest BCUT2D eigenvalue weighted by molar-refractivity contribution is 0.423. The third-order valence-corrected chi connectivity index (χ3v) is 2.93. The van der Waals surface area contributed by atoms with E-state index in [9.17, 15) is 26.3 Å². The van der Waals surface area contributed by atoms with Gasteiger partial charge in [0.2, 0.25) is 0 Å². The van der Waals surface area contributed by atoms with Crippen molar-refractivity contribution in [2.75, 3.05) is 7.11 Å². The summed E-state index contributed by atoms with van der Waals surface area (Å²) in [4.78, 5) is 0. The van der Waals surface area contributed by atoms with Crippen LogP contribution in [0, 0.1) is 34.9 Å². The second-order valence-corrected chi connectivity index (χ2v) is 4.14. The van der Waals surface area contributed by atoms with Gasteiger partial charge in [-0.3, -0.25) is 0 Å². The highest BCUT2D eigenvalue weighted by atomic mass is 19.2. The standard InChI is InChI=1S/C13H7BF6O/c1-21-14(6-2-4-8(15)12(19)10(6)17)7-3-5-9(16)13(20)11(7)18/h2-5H,1H3. The molecule has 0 N–H and O–H groups in total. The molecule has 2 aromatic carbocycles. The van der Waals surface area contributed by atoms with Crippen molar-refractivity contribution in [2.45, 2.75) is 0 Å². The molecule has 0 bridgehead atoms. The van der Waals surface area contributed by atoms with Crippen LogP contribution in [-0.2, 0) is 4.65 Å². The number of hydrogen-bond donors (Lipinski definition) is 0. The topological polar surface area (TPSA) is 9.23 Å². The number of halogens is 6. The van der Waals surface area contributed by atoms with Gasteiger partial charge in [0, 0.05) is 7.11 Å². The molecule has 0 aromatic heterocycles. The lowest BCUT2D eigenvalue weighted by atomic mass is 9.55. The Morgan fingerprint density at radius 3 is 1.38 bits per heavy atom. The summed E-state index contributed by atoms with van der Waals surface area (Å²) >= 11 is 0. The zero-order valence-electron chi connectivity index (χ0n) is 10.6. The molecule has 0 aliphatic carbocycles. The van der Waals surface area contributed by atoms with E-state index in [2.05, 4.69) is 0 Å². The predicted molar refractivity (Wildman–Crippen MR) is 64.7 cm³/mol. The molecule has 21 heavy (non-hydrogen) atoms. The van der Waals surface area contributed by atoms with Crippen LogP contribution in [0.1, 0.15) is 0 Å². The Bertz CT molecular complexity index is 633. The highest BCUT2D eigenvalue weighted by molar-refractivity contribution is 6.80. The lowest BCUT2D eigenvalue weighted by Gasteiger charge is -2.14. The summed E-state index contributed by atoms with van der Waals surface area (Å²) in [5.41, 5.74) is -1.08. The van der Waals surface area contributed by atoms with E-state index in [1.54, 1.807) is 0 Å². The first-order valence-electron chi connectivity index (χ1n) is 5.68. The van der Waals surface area contributed by atoms with Gasteiger partial charge in [-0.25, -0.2) is 26.3 Å². The predicted octanol–water partition coefficient (Wildman–Crippen LogP) is 2.27. The first kappa shape index (κ1) is 15.4. The Balaban J connectivity index is 2.61. The van der Waals surface area contributed by atoms with E-state index in [-0.39, 0.29) is 0 Å². The van der Waals surface area contributed by atoms with Gasteiger partial charge in [0.1, 0.15) is 0 Å². The van der Waals surface area contributed by atoms with E-state index < -0.39 is 52.7 Å². The van der Waals surface area contributed by atoms with Crippen LogP contribution < -0.4 is 10.9 Å². The Morgan fingerprint density at radius 2 is 1.05 bits per heavy atom. The van der Waals surface area contributed by atoms with Crippen molar-refractivity contribution in [1.29, 1.82) is 0 Å². The third kappa shape index (κ3) is 2.63. The van der Waals surface area contributed by atoms with E-state index in [0.29, 0.717) is 12.1 Å². The highest BCUT2D eigenvalue weighted by Gasteiger charge is 2.31. The van der Waals surface area contributed by atoms with Gasteiger partial charge in [0.15, 0.2) is 34.9 Å². The fourth-order valence-electron chi connectivity index (χ4n) is 1.91. The van der Waals surface area contributed by atoms with E-state index in [0.717, 1.165) is 19.2 Å². The van der Waals surface area contributed by atoms with E-state index >= 15 is 0 Å². The van der Waals surface area contributed by atoms with Gasteiger partial charge in [0.05, 0.1) is 0 Å². The number of rotatable bonds is 3. The van der Waals surface area contributed by atoms with Crippen LogP contribution in [0.4, 0.5) is 26.3 Å². The van der Waals surface area contributed by atoms with Crippen LogP contribution in [0.3, 0.4) is 0 Å².